The average molecular weight is 444 g/mol. The number of benzene rings is 1. The number of halogens is 1. The highest BCUT2D eigenvalue weighted by Crippen LogP contribution is 2.21. The molecule has 2 aromatic heterocycles. The average Bonchev–Trinajstić information content (AvgIpc) is 3.17. The zero-order valence-electron chi connectivity index (χ0n) is 16.5. The lowest BCUT2D eigenvalue weighted by Gasteiger charge is -2.12. The van der Waals surface area contributed by atoms with Gasteiger partial charge in [-0.3, -0.25) is 14.4 Å². The fraction of sp³-hybridized carbons (Fsp3) is 0.227. The maximum atomic E-state index is 12.8. The summed E-state index contributed by atoms with van der Waals surface area (Å²) in [7, 11) is 0. The van der Waals surface area contributed by atoms with Gasteiger partial charge in [0.1, 0.15) is 11.1 Å². The van der Waals surface area contributed by atoms with Crippen molar-refractivity contribution in [1.29, 1.82) is 0 Å². The number of rotatable bonds is 8. The normalized spacial score (nSPS) is 10.6. The summed E-state index contributed by atoms with van der Waals surface area (Å²) in [5.41, 5.74) is 0.432. The summed E-state index contributed by atoms with van der Waals surface area (Å²) in [6, 6.07) is 13.4. The summed E-state index contributed by atoms with van der Waals surface area (Å²) in [5.74, 6) is -1.01. The van der Waals surface area contributed by atoms with Crippen LogP contribution in [0, 0.1) is 0 Å². The Morgan fingerprint density at radius 2 is 1.67 bits per heavy atom. The van der Waals surface area contributed by atoms with Crippen LogP contribution in [0.5, 0.6) is 0 Å². The Hall–Kier alpha value is -2.90. The van der Waals surface area contributed by atoms with Crippen molar-refractivity contribution in [2.45, 2.75) is 26.4 Å². The molecule has 3 rings (SSSR count). The predicted molar refractivity (Wildman–Crippen MR) is 119 cm³/mol. The first-order valence-electron chi connectivity index (χ1n) is 9.56. The molecule has 0 fully saturated rings. The zero-order chi connectivity index (χ0) is 21.5. The minimum Gasteiger partial charge on any atom is -0.352 e. The lowest BCUT2D eigenvalue weighted by atomic mass is 10.1. The zero-order valence-corrected chi connectivity index (χ0v) is 18.1. The minimum atomic E-state index is -0.585. The molecule has 0 radical (unpaired) electrons. The number of amides is 2. The van der Waals surface area contributed by atoms with Crippen molar-refractivity contribution >= 4 is 34.8 Å². The predicted octanol–water partition coefficient (Wildman–Crippen LogP) is 3.49. The first-order chi connectivity index (χ1) is 14.5. The number of pyridine rings is 1. The minimum absolute atomic E-state index is 0.0447. The van der Waals surface area contributed by atoms with Crippen LogP contribution in [0.2, 0.25) is 4.34 Å². The maximum absolute atomic E-state index is 12.8. The van der Waals surface area contributed by atoms with E-state index in [2.05, 4.69) is 10.6 Å². The molecular formula is C22H22ClN3O3S. The molecule has 0 spiro atoms. The third kappa shape index (κ3) is 5.58. The highest BCUT2D eigenvalue weighted by molar-refractivity contribution is 7.16. The molecule has 2 amide bonds. The van der Waals surface area contributed by atoms with Crippen LogP contribution in [0.1, 0.15) is 38.1 Å². The quantitative estimate of drug-likeness (QED) is 0.559. The number of nitrogens with one attached hydrogen (secondary N) is 2. The van der Waals surface area contributed by atoms with Crippen LogP contribution in [-0.4, -0.2) is 22.9 Å². The first kappa shape index (κ1) is 21.8. The molecule has 2 N–H and O–H groups in total. The summed E-state index contributed by atoms with van der Waals surface area (Å²) in [6.07, 6.45) is 3.71. The smallest absolute Gasteiger partial charge is 0.257 e. The third-order valence-electron chi connectivity index (χ3n) is 4.46. The van der Waals surface area contributed by atoms with Crippen LogP contribution in [0.25, 0.3) is 0 Å². The standard InChI is InChI=1S/C22H22ClN3O3S/c1-2-24-21(28)17-13-26(11-10-15-6-4-3-5-7-15)14-18(20(17)27)22(29)25-12-16-8-9-19(23)30-16/h3-9,13-14H,2,10-12H2,1H3,(H,24,28)(H,25,29). The van der Waals surface area contributed by atoms with E-state index in [0.29, 0.717) is 23.8 Å². The molecule has 156 valence electrons. The topological polar surface area (TPSA) is 80.2 Å². The van der Waals surface area contributed by atoms with E-state index in [0.717, 1.165) is 10.4 Å². The molecule has 0 saturated carbocycles. The molecule has 30 heavy (non-hydrogen) atoms. The van der Waals surface area contributed by atoms with Gasteiger partial charge in [-0.1, -0.05) is 41.9 Å². The van der Waals surface area contributed by atoms with Crippen molar-refractivity contribution in [3.05, 3.63) is 91.0 Å². The van der Waals surface area contributed by atoms with Crippen LogP contribution in [0.15, 0.2) is 59.7 Å². The maximum Gasteiger partial charge on any atom is 0.257 e. The number of aromatic nitrogens is 1. The largest absolute Gasteiger partial charge is 0.352 e. The van der Waals surface area contributed by atoms with E-state index in [-0.39, 0.29) is 17.7 Å². The van der Waals surface area contributed by atoms with Gasteiger partial charge in [-0.2, -0.15) is 0 Å². The second-order valence-corrected chi connectivity index (χ2v) is 8.44. The molecule has 0 aliphatic rings. The van der Waals surface area contributed by atoms with Gasteiger partial charge >= 0.3 is 0 Å². The van der Waals surface area contributed by atoms with Crippen molar-refractivity contribution in [3.63, 3.8) is 0 Å². The van der Waals surface area contributed by atoms with Gasteiger partial charge in [0, 0.05) is 30.4 Å². The monoisotopic (exact) mass is 443 g/mol. The van der Waals surface area contributed by atoms with E-state index in [1.807, 2.05) is 36.4 Å². The van der Waals surface area contributed by atoms with Crippen LogP contribution in [-0.2, 0) is 19.5 Å². The Kier molecular flexibility index (Phi) is 7.43. The molecule has 2 heterocycles. The van der Waals surface area contributed by atoms with E-state index in [1.54, 1.807) is 17.6 Å². The fourth-order valence-corrected chi connectivity index (χ4v) is 3.98. The summed E-state index contributed by atoms with van der Waals surface area (Å²) in [5, 5.41) is 5.37. The van der Waals surface area contributed by atoms with Gasteiger partial charge < -0.3 is 15.2 Å². The van der Waals surface area contributed by atoms with E-state index < -0.39 is 17.2 Å². The van der Waals surface area contributed by atoms with Gasteiger partial charge in [0.15, 0.2) is 0 Å². The lowest BCUT2D eigenvalue weighted by molar-refractivity contribution is 0.0949. The molecule has 6 nitrogen and oxygen atoms in total. The molecule has 0 aliphatic carbocycles. The van der Waals surface area contributed by atoms with Gasteiger partial charge in [0.25, 0.3) is 11.8 Å². The van der Waals surface area contributed by atoms with Crippen LogP contribution < -0.4 is 16.1 Å². The molecule has 3 aromatic rings. The molecule has 1 aromatic carbocycles. The number of aryl methyl sites for hydroxylation is 2. The van der Waals surface area contributed by atoms with Crippen LogP contribution in [0.4, 0.5) is 0 Å². The van der Waals surface area contributed by atoms with Gasteiger partial charge in [0.05, 0.1) is 10.9 Å². The Labute approximate surface area is 183 Å². The van der Waals surface area contributed by atoms with E-state index >= 15 is 0 Å². The van der Waals surface area contributed by atoms with Gasteiger partial charge in [0.2, 0.25) is 5.43 Å². The van der Waals surface area contributed by atoms with Gasteiger partial charge in [-0.05, 0) is 31.0 Å². The summed E-state index contributed by atoms with van der Waals surface area (Å²) in [6.45, 7) is 2.94. The van der Waals surface area contributed by atoms with Crippen molar-refractivity contribution in [1.82, 2.24) is 15.2 Å². The Balaban J connectivity index is 1.85. The van der Waals surface area contributed by atoms with E-state index in [9.17, 15) is 14.4 Å². The molecule has 8 heteroatoms. The van der Waals surface area contributed by atoms with Crippen LogP contribution >= 0.6 is 22.9 Å². The molecule has 0 saturated heterocycles. The SMILES string of the molecule is CCNC(=O)c1cn(CCc2ccccc2)cc(C(=O)NCc2ccc(Cl)s2)c1=O. The highest BCUT2D eigenvalue weighted by Gasteiger charge is 2.19. The number of thiophene rings is 1. The highest BCUT2D eigenvalue weighted by atomic mass is 35.5. The Morgan fingerprint density at radius 1 is 1.00 bits per heavy atom. The number of hydrogen-bond donors (Lipinski definition) is 2. The first-order valence-corrected chi connectivity index (χ1v) is 10.8. The van der Waals surface area contributed by atoms with Crippen molar-refractivity contribution in [3.8, 4) is 0 Å². The summed E-state index contributed by atoms with van der Waals surface area (Å²) in [4.78, 5) is 38.8. The number of carbonyl (C=O) groups is 2. The van der Waals surface area contributed by atoms with Crippen molar-refractivity contribution < 1.29 is 9.59 Å². The van der Waals surface area contributed by atoms with Crippen molar-refractivity contribution in [2.24, 2.45) is 0 Å². The van der Waals surface area contributed by atoms with Crippen LogP contribution in [0.3, 0.4) is 0 Å². The van der Waals surface area contributed by atoms with E-state index in [1.165, 1.54) is 23.7 Å². The number of hydrogen-bond acceptors (Lipinski definition) is 4. The van der Waals surface area contributed by atoms with Crippen molar-refractivity contribution in [2.75, 3.05) is 6.54 Å². The second-order valence-electron chi connectivity index (χ2n) is 6.64. The molecular weight excluding hydrogens is 422 g/mol. The fourth-order valence-electron chi connectivity index (χ4n) is 2.95. The number of carbonyl (C=O) groups excluding carboxylic acids is 2. The molecule has 0 atom stereocenters. The molecule has 0 bridgehead atoms. The lowest BCUT2D eigenvalue weighted by Crippen LogP contribution is -2.35. The van der Waals surface area contributed by atoms with Gasteiger partial charge in [-0.15, -0.1) is 11.3 Å². The summed E-state index contributed by atoms with van der Waals surface area (Å²) < 4.78 is 2.34. The Morgan fingerprint density at radius 3 is 2.27 bits per heavy atom. The van der Waals surface area contributed by atoms with E-state index in [4.69, 9.17) is 11.6 Å². The Bertz CT molecular complexity index is 1090. The third-order valence-corrected chi connectivity index (χ3v) is 5.69. The van der Waals surface area contributed by atoms with Gasteiger partial charge in [-0.25, -0.2) is 0 Å². The number of nitrogens with zero attached hydrogens (tertiary/aromatic N) is 1. The summed E-state index contributed by atoms with van der Waals surface area (Å²) >= 11 is 7.27. The second kappa shape index (κ2) is 10.2. The molecule has 0 aliphatic heterocycles. The molecule has 0 unspecified atom stereocenters.